The number of hydrogen-bond acceptors (Lipinski definition) is 1. The Bertz CT molecular complexity index is 201. The summed E-state index contributed by atoms with van der Waals surface area (Å²) in [6.07, 6.45) is 0. The normalized spacial score (nSPS) is 10.0. The first-order valence-corrected chi connectivity index (χ1v) is 3.94. The topological polar surface area (TPSA) is 12.0 Å². The Morgan fingerprint density at radius 3 is 2.45 bits per heavy atom. The van der Waals surface area contributed by atoms with E-state index in [1.54, 1.807) is 0 Å². The average Bonchev–Trinajstić information content (AvgIpc) is 2.04. The molecule has 1 N–H and O–H groups in total. The fourth-order valence-corrected chi connectivity index (χ4v) is 0.926. The number of benzene rings is 1. The van der Waals surface area contributed by atoms with Crippen molar-refractivity contribution in [1.29, 1.82) is 0 Å². The molecular formula is C10H14N. The summed E-state index contributed by atoms with van der Waals surface area (Å²) in [5.74, 6) is 0. The monoisotopic (exact) mass is 148 g/mol. The van der Waals surface area contributed by atoms with E-state index < -0.39 is 0 Å². The average molecular weight is 148 g/mol. The quantitative estimate of drug-likeness (QED) is 0.691. The van der Waals surface area contributed by atoms with Gasteiger partial charge in [-0.3, -0.25) is 0 Å². The van der Waals surface area contributed by atoms with Crippen LogP contribution in [0.25, 0.3) is 0 Å². The van der Waals surface area contributed by atoms with Crippen LogP contribution in [0.5, 0.6) is 0 Å². The highest BCUT2D eigenvalue weighted by Gasteiger charge is 1.88. The molecule has 0 aliphatic heterocycles. The van der Waals surface area contributed by atoms with Crippen molar-refractivity contribution in [2.24, 2.45) is 0 Å². The van der Waals surface area contributed by atoms with Gasteiger partial charge in [-0.25, -0.2) is 0 Å². The van der Waals surface area contributed by atoms with Gasteiger partial charge in [-0.05, 0) is 24.6 Å². The summed E-state index contributed by atoms with van der Waals surface area (Å²) in [5.41, 5.74) is 2.39. The van der Waals surface area contributed by atoms with Gasteiger partial charge in [0, 0.05) is 6.54 Å². The fourth-order valence-electron chi connectivity index (χ4n) is 0.926. The molecule has 1 heteroatoms. The highest BCUT2D eigenvalue weighted by molar-refractivity contribution is 5.23. The fraction of sp³-hybridized carbons (Fsp3) is 0.300. The molecule has 11 heavy (non-hydrogen) atoms. The number of hydrogen-bond donors (Lipinski definition) is 1. The molecule has 0 atom stereocenters. The van der Waals surface area contributed by atoms with Crippen molar-refractivity contribution in [3.05, 3.63) is 42.3 Å². The van der Waals surface area contributed by atoms with E-state index >= 15 is 0 Å². The van der Waals surface area contributed by atoms with Gasteiger partial charge in [0.1, 0.15) is 0 Å². The van der Waals surface area contributed by atoms with E-state index in [9.17, 15) is 0 Å². The molecule has 1 nitrogen and oxygen atoms in total. The summed E-state index contributed by atoms with van der Waals surface area (Å²) in [7, 11) is 0. The lowest BCUT2D eigenvalue weighted by molar-refractivity contribution is 0.727. The number of rotatable bonds is 3. The maximum absolute atomic E-state index is 3.82. The Balaban J connectivity index is 2.52. The first-order valence-electron chi connectivity index (χ1n) is 3.94. The van der Waals surface area contributed by atoms with Crippen molar-refractivity contribution >= 4 is 0 Å². The smallest absolute Gasteiger partial charge is 0.0205 e. The van der Waals surface area contributed by atoms with E-state index in [1.165, 1.54) is 5.56 Å². The van der Waals surface area contributed by atoms with E-state index in [0.717, 1.165) is 18.7 Å². The van der Waals surface area contributed by atoms with Crippen molar-refractivity contribution in [1.82, 2.24) is 5.32 Å². The maximum atomic E-state index is 3.82. The second kappa shape index (κ2) is 4.14. The van der Waals surface area contributed by atoms with Crippen LogP contribution in [0.2, 0.25) is 0 Å². The maximum Gasteiger partial charge on any atom is 0.0205 e. The van der Waals surface area contributed by atoms with Crippen LogP contribution in [0.15, 0.2) is 24.3 Å². The van der Waals surface area contributed by atoms with Crippen molar-refractivity contribution in [3.8, 4) is 0 Å². The molecule has 1 aromatic carbocycles. The molecule has 0 aliphatic carbocycles. The summed E-state index contributed by atoms with van der Waals surface area (Å²) < 4.78 is 0. The van der Waals surface area contributed by atoms with Gasteiger partial charge in [0.25, 0.3) is 0 Å². The lowest BCUT2D eigenvalue weighted by Crippen LogP contribution is -2.11. The predicted molar refractivity (Wildman–Crippen MR) is 48.3 cm³/mol. The highest BCUT2D eigenvalue weighted by atomic mass is 14.8. The molecule has 0 spiro atoms. The Hall–Kier alpha value is -0.820. The third-order valence-electron chi connectivity index (χ3n) is 1.60. The molecule has 0 aliphatic rings. The molecule has 1 aromatic rings. The van der Waals surface area contributed by atoms with Crippen LogP contribution < -0.4 is 5.32 Å². The highest BCUT2D eigenvalue weighted by Crippen LogP contribution is 2.01. The molecule has 0 aromatic heterocycles. The van der Waals surface area contributed by atoms with Crippen LogP contribution in [0.3, 0.4) is 0 Å². The summed E-state index contributed by atoms with van der Waals surface area (Å²) in [4.78, 5) is 0. The first-order chi connectivity index (χ1) is 5.33. The van der Waals surface area contributed by atoms with E-state index in [4.69, 9.17) is 0 Å². The van der Waals surface area contributed by atoms with E-state index in [0.29, 0.717) is 0 Å². The zero-order valence-electron chi connectivity index (χ0n) is 6.93. The Kier molecular flexibility index (Phi) is 3.12. The lowest BCUT2D eigenvalue weighted by atomic mass is 10.1. The Morgan fingerprint density at radius 1 is 1.27 bits per heavy atom. The lowest BCUT2D eigenvalue weighted by Gasteiger charge is -2.01. The predicted octanol–water partition coefficient (Wildman–Crippen LogP) is 1.98. The van der Waals surface area contributed by atoms with Gasteiger partial charge >= 0.3 is 0 Å². The molecular weight excluding hydrogens is 134 g/mol. The third kappa shape index (κ3) is 2.72. The van der Waals surface area contributed by atoms with Crippen molar-refractivity contribution < 1.29 is 0 Å². The van der Waals surface area contributed by atoms with Crippen LogP contribution in [0.4, 0.5) is 0 Å². The zero-order valence-corrected chi connectivity index (χ0v) is 6.93. The molecule has 0 fully saturated rings. The van der Waals surface area contributed by atoms with Crippen LogP contribution in [-0.4, -0.2) is 6.54 Å². The Morgan fingerprint density at radius 2 is 1.91 bits per heavy atom. The van der Waals surface area contributed by atoms with Gasteiger partial charge in [-0.1, -0.05) is 31.2 Å². The molecule has 0 bridgehead atoms. The standard InChI is InChI=1S/C10H14N/c1-3-11-8-10-6-4-9(2)5-7-10/h4-7,11H,2-3,8H2,1H3. The minimum absolute atomic E-state index is 0.955. The largest absolute Gasteiger partial charge is 0.313 e. The zero-order chi connectivity index (χ0) is 8.10. The summed E-state index contributed by atoms with van der Waals surface area (Å²) in [6, 6.07) is 8.27. The first kappa shape index (κ1) is 8.28. The second-order valence-corrected chi connectivity index (χ2v) is 2.60. The molecule has 0 amide bonds. The van der Waals surface area contributed by atoms with Gasteiger partial charge in [-0.15, -0.1) is 0 Å². The SMILES string of the molecule is [CH2]c1ccc(CNCC)cc1. The van der Waals surface area contributed by atoms with E-state index in [1.807, 2.05) is 12.1 Å². The molecule has 0 saturated heterocycles. The molecule has 0 saturated carbocycles. The third-order valence-corrected chi connectivity index (χ3v) is 1.60. The summed E-state index contributed by atoms with van der Waals surface area (Å²) >= 11 is 0. The van der Waals surface area contributed by atoms with Gasteiger partial charge < -0.3 is 5.32 Å². The van der Waals surface area contributed by atoms with E-state index in [2.05, 4.69) is 31.3 Å². The number of nitrogens with one attached hydrogen (secondary N) is 1. The molecule has 0 heterocycles. The van der Waals surface area contributed by atoms with Crippen LogP contribution in [0, 0.1) is 6.92 Å². The van der Waals surface area contributed by atoms with Crippen LogP contribution >= 0.6 is 0 Å². The van der Waals surface area contributed by atoms with Crippen molar-refractivity contribution in [2.45, 2.75) is 13.5 Å². The van der Waals surface area contributed by atoms with E-state index in [-0.39, 0.29) is 0 Å². The van der Waals surface area contributed by atoms with Crippen LogP contribution in [-0.2, 0) is 6.54 Å². The molecule has 59 valence electrons. The summed E-state index contributed by atoms with van der Waals surface area (Å²) in [5, 5.41) is 3.26. The Labute approximate surface area is 68.4 Å². The van der Waals surface area contributed by atoms with Crippen molar-refractivity contribution in [2.75, 3.05) is 6.54 Å². The molecule has 1 radical (unpaired) electrons. The summed E-state index contributed by atoms with van der Waals surface area (Å²) in [6.45, 7) is 7.90. The molecule has 1 rings (SSSR count). The van der Waals surface area contributed by atoms with Gasteiger partial charge in [0.2, 0.25) is 0 Å². The van der Waals surface area contributed by atoms with Gasteiger partial charge in [0.05, 0.1) is 0 Å². The van der Waals surface area contributed by atoms with Crippen molar-refractivity contribution in [3.63, 3.8) is 0 Å². The van der Waals surface area contributed by atoms with Crippen LogP contribution in [0.1, 0.15) is 18.1 Å². The second-order valence-electron chi connectivity index (χ2n) is 2.60. The molecule has 0 unspecified atom stereocenters. The minimum Gasteiger partial charge on any atom is -0.313 e. The van der Waals surface area contributed by atoms with Gasteiger partial charge in [0.15, 0.2) is 0 Å². The minimum atomic E-state index is 0.955. The van der Waals surface area contributed by atoms with Gasteiger partial charge in [-0.2, -0.15) is 0 Å².